The highest BCUT2D eigenvalue weighted by Crippen LogP contribution is 2.44. The van der Waals surface area contributed by atoms with E-state index >= 15 is 0 Å². The molecule has 174 valence electrons. The molecule has 0 radical (unpaired) electrons. The minimum absolute atomic E-state index is 0.0243. The summed E-state index contributed by atoms with van der Waals surface area (Å²) in [5.41, 5.74) is 1.47. The first kappa shape index (κ1) is 24.1. The first-order valence-electron chi connectivity index (χ1n) is 10.5. The zero-order chi connectivity index (χ0) is 23.4. The number of nitrogens with one attached hydrogen (secondary N) is 1. The molecule has 32 heavy (non-hydrogen) atoms. The maximum Gasteiger partial charge on any atom is 0.416 e. The van der Waals surface area contributed by atoms with Crippen LogP contribution in [0.25, 0.3) is 0 Å². The van der Waals surface area contributed by atoms with Crippen LogP contribution in [0.3, 0.4) is 0 Å². The molecule has 0 saturated carbocycles. The standard InChI is InChI=1S/C23H26F3NO4S/c24-23(25,26)19-11-7-16(8-12-19)13-14-32(30,31)27-22-18-10-9-17(15-18)20(22)5-3-1-2-4-6-21(28)29/h1,3,7-12,17-18,27H,2,4-6,13-15H2,(H,28,29). The van der Waals surface area contributed by atoms with Crippen LogP contribution in [0.2, 0.25) is 0 Å². The van der Waals surface area contributed by atoms with Gasteiger partial charge < -0.3 is 5.11 Å². The molecule has 3 rings (SSSR count). The molecule has 0 aromatic heterocycles. The summed E-state index contributed by atoms with van der Waals surface area (Å²) in [5.74, 6) is -0.832. The lowest BCUT2D eigenvalue weighted by atomic mass is 9.98. The van der Waals surface area contributed by atoms with Crippen molar-refractivity contribution in [2.75, 3.05) is 5.75 Å². The van der Waals surface area contributed by atoms with E-state index in [1.54, 1.807) is 0 Å². The van der Waals surface area contributed by atoms with Crippen molar-refractivity contribution in [2.45, 2.75) is 44.7 Å². The van der Waals surface area contributed by atoms with E-state index in [2.05, 4.69) is 10.8 Å². The Morgan fingerprint density at radius 2 is 1.81 bits per heavy atom. The molecule has 0 heterocycles. The Kier molecular flexibility index (Phi) is 7.48. The number of aryl methyl sites for hydroxylation is 1. The predicted molar refractivity (Wildman–Crippen MR) is 115 cm³/mol. The Morgan fingerprint density at radius 3 is 2.47 bits per heavy atom. The van der Waals surface area contributed by atoms with E-state index in [9.17, 15) is 26.4 Å². The lowest BCUT2D eigenvalue weighted by molar-refractivity contribution is -0.138. The summed E-state index contributed by atoms with van der Waals surface area (Å²) in [4.78, 5) is 10.6. The molecule has 0 fully saturated rings. The van der Waals surface area contributed by atoms with E-state index in [0.717, 1.165) is 24.1 Å². The average Bonchev–Trinajstić information content (AvgIpc) is 3.31. The number of hydrogen-bond donors (Lipinski definition) is 2. The number of halogens is 3. The van der Waals surface area contributed by atoms with Gasteiger partial charge in [0.2, 0.25) is 10.0 Å². The second kappa shape index (κ2) is 9.94. The molecule has 2 N–H and O–H groups in total. The van der Waals surface area contributed by atoms with Crippen molar-refractivity contribution in [1.29, 1.82) is 0 Å². The number of aliphatic carboxylic acids is 1. The van der Waals surface area contributed by atoms with Crippen molar-refractivity contribution in [2.24, 2.45) is 11.8 Å². The van der Waals surface area contributed by atoms with Crippen molar-refractivity contribution in [3.63, 3.8) is 0 Å². The molecule has 9 heteroatoms. The lowest BCUT2D eigenvalue weighted by Crippen LogP contribution is -2.29. The predicted octanol–water partition coefficient (Wildman–Crippen LogP) is 4.83. The van der Waals surface area contributed by atoms with Crippen LogP contribution in [0.5, 0.6) is 0 Å². The number of carboxylic acids is 1. The summed E-state index contributed by atoms with van der Waals surface area (Å²) in [7, 11) is -3.66. The van der Waals surface area contributed by atoms with Crippen LogP contribution in [0.4, 0.5) is 13.2 Å². The van der Waals surface area contributed by atoms with E-state index in [1.807, 2.05) is 18.2 Å². The number of hydrogen-bond acceptors (Lipinski definition) is 3. The van der Waals surface area contributed by atoms with E-state index in [1.165, 1.54) is 12.1 Å². The van der Waals surface area contributed by atoms with E-state index in [0.29, 0.717) is 30.5 Å². The van der Waals surface area contributed by atoms with Crippen molar-refractivity contribution in [1.82, 2.24) is 4.72 Å². The molecule has 5 nitrogen and oxygen atoms in total. The minimum Gasteiger partial charge on any atom is -0.481 e. The summed E-state index contributed by atoms with van der Waals surface area (Å²) in [6.45, 7) is 0. The highest BCUT2D eigenvalue weighted by atomic mass is 32.2. The van der Waals surface area contributed by atoms with Crippen LogP contribution >= 0.6 is 0 Å². The van der Waals surface area contributed by atoms with Gasteiger partial charge in [0.05, 0.1) is 11.3 Å². The summed E-state index contributed by atoms with van der Waals surface area (Å²) in [6, 6.07) is 4.52. The van der Waals surface area contributed by atoms with Gasteiger partial charge in [-0.15, -0.1) is 0 Å². The van der Waals surface area contributed by atoms with Crippen LogP contribution in [0.15, 0.2) is 59.8 Å². The van der Waals surface area contributed by atoms with Gasteiger partial charge in [0, 0.05) is 24.0 Å². The number of rotatable bonds is 11. The van der Waals surface area contributed by atoms with Crippen molar-refractivity contribution in [3.8, 4) is 0 Å². The molecule has 1 aromatic carbocycles. The normalized spacial score (nSPS) is 20.5. The molecule has 2 aliphatic rings. The van der Waals surface area contributed by atoms with Gasteiger partial charge in [-0.25, -0.2) is 8.42 Å². The first-order valence-corrected chi connectivity index (χ1v) is 12.1. The average molecular weight is 470 g/mol. The molecular weight excluding hydrogens is 443 g/mol. The first-order chi connectivity index (χ1) is 15.0. The Labute approximate surface area is 185 Å². The van der Waals surface area contributed by atoms with Crippen LogP contribution in [-0.2, 0) is 27.4 Å². The number of carboxylic acid groups (broad SMARTS) is 1. The quantitative estimate of drug-likeness (QED) is 0.359. The lowest BCUT2D eigenvalue weighted by Gasteiger charge is -2.18. The van der Waals surface area contributed by atoms with Crippen LogP contribution in [0.1, 0.15) is 43.2 Å². The Balaban J connectivity index is 1.59. The number of benzene rings is 1. The van der Waals surface area contributed by atoms with Gasteiger partial charge in [0.1, 0.15) is 0 Å². The van der Waals surface area contributed by atoms with Crippen molar-refractivity contribution < 1.29 is 31.5 Å². The highest BCUT2D eigenvalue weighted by Gasteiger charge is 2.36. The van der Waals surface area contributed by atoms with Gasteiger partial charge in [-0.1, -0.05) is 36.4 Å². The monoisotopic (exact) mass is 469 g/mol. The maximum atomic E-state index is 12.7. The molecule has 0 aliphatic heterocycles. The van der Waals surface area contributed by atoms with Crippen LogP contribution < -0.4 is 4.72 Å². The number of sulfonamides is 1. The van der Waals surface area contributed by atoms with Crippen LogP contribution in [-0.4, -0.2) is 25.2 Å². The minimum atomic E-state index is -4.42. The van der Waals surface area contributed by atoms with Gasteiger partial charge in [-0.05, 0) is 55.4 Å². The second-order valence-electron chi connectivity index (χ2n) is 8.10. The van der Waals surface area contributed by atoms with E-state index in [4.69, 9.17) is 5.11 Å². The summed E-state index contributed by atoms with van der Waals surface area (Å²) < 4.78 is 66.1. The molecule has 0 amide bonds. The third-order valence-corrected chi connectivity index (χ3v) is 6.99. The van der Waals surface area contributed by atoms with Crippen molar-refractivity contribution >= 4 is 16.0 Å². The molecule has 0 saturated heterocycles. The van der Waals surface area contributed by atoms with E-state index < -0.39 is 27.7 Å². The van der Waals surface area contributed by atoms with Crippen molar-refractivity contribution in [3.05, 3.63) is 71.0 Å². The fraction of sp³-hybridized carbons (Fsp3) is 0.435. The van der Waals surface area contributed by atoms with Gasteiger partial charge >= 0.3 is 12.1 Å². The number of alkyl halides is 3. The molecule has 2 bridgehead atoms. The third kappa shape index (κ3) is 6.48. The summed E-state index contributed by atoms with van der Waals surface area (Å²) in [5, 5.41) is 8.67. The molecule has 2 atom stereocenters. The summed E-state index contributed by atoms with van der Waals surface area (Å²) >= 11 is 0. The fourth-order valence-corrected chi connectivity index (χ4v) is 5.27. The van der Waals surface area contributed by atoms with E-state index in [-0.39, 0.29) is 30.4 Å². The number of carbonyl (C=O) groups is 1. The zero-order valence-corrected chi connectivity index (χ0v) is 18.3. The highest BCUT2D eigenvalue weighted by molar-refractivity contribution is 7.89. The Hall–Kier alpha value is -2.55. The zero-order valence-electron chi connectivity index (χ0n) is 17.4. The molecule has 2 unspecified atom stereocenters. The Bertz CT molecular complexity index is 1020. The largest absolute Gasteiger partial charge is 0.481 e. The molecule has 1 aromatic rings. The van der Waals surface area contributed by atoms with Gasteiger partial charge in [-0.2, -0.15) is 13.2 Å². The van der Waals surface area contributed by atoms with Crippen LogP contribution in [0, 0.1) is 11.8 Å². The SMILES string of the molecule is O=C(O)CCCC=CCC1=C(NS(=O)(=O)CCc2ccc(C(F)(F)F)cc2)C2C=CC1C2. The van der Waals surface area contributed by atoms with Gasteiger partial charge in [0.25, 0.3) is 0 Å². The fourth-order valence-electron chi connectivity index (χ4n) is 4.04. The second-order valence-corrected chi connectivity index (χ2v) is 9.94. The summed E-state index contributed by atoms with van der Waals surface area (Å²) in [6.07, 6.45) is 6.39. The molecule has 0 spiro atoms. The number of fused-ring (bicyclic) bond motifs is 2. The van der Waals surface area contributed by atoms with Gasteiger partial charge in [0.15, 0.2) is 0 Å². The number of allylic oxidation sites excluding steroid dienone is 5. The third-order valence-electron chi connectivity index (χ3n) is 5.72. The maximum absolute atomic E-state index is 12.7. The molecule has 2 aliphatic carbocycles. The Morgan fingerprint density at radius 1 is 1.12 bits per heavy atom. The number of unbranched alkanes of at least 4 members (excludes halogenated alkanes) is 1. The molecular formula is C23H26F3NO4S. The topological polar surface area (TPSA) is 83.5 Å². The smallest absolute Gasteiger partial charge is 0.416 e. The van der Waals surface area contributed by atoms with Gasteiger partial charge in [-0.3, -0.25) is 9.52 Å².